The first-order valence-electron chi connectivity index (χ1n) is 6.81. The van der Waals surface area contributed by atoms with Gasteiger partial charge in [0.05, 0.1) is 12.2 Å². The van der Waals surface area contributed by atoms with E-state index in [9.17, 15) is 5.11 Å². The van der Waals surface area contributed by atoms with E-state index in [1.807, 2.05) is 11.3 Å². The van der Waals surface area contributed by atoms with Gasteiger partial charge in [-0.05, 0) is 32.0 Å². The summed E-state index contributed by atoms with van der Waals surface area (Å²) in [6.45, 7) is 6.89. The zero-order valence-corrected chi connectivity index (χ0v) is 12.6. The van der Waals surface area contributed by atoms with E-state index in [0.29, 0.717) is 19.7 Å². The number of nitrogens with one attached hydrogen (secondary N) is 1. The number of β-amino-alcohol motifs (C(OH)–C–C–N with tert-alkyl or cyclic N) is 1. The lowest BCUT2D eigenvalue weighted by molar-refractivity contribution is 0.0114. The number of rotatable bonds is 7. The van der Waals surface area contributed by atoms with Crippen molar-refractivity contribution in [3.8, 4) is 0 Å². The van der Waals surface area contributed by atoms with E-state index in [2.05, 4.69) is 29.3 Å². The van der Waals surface area contributed by atoms with E-state index >= 15 is 0 Å². The molecule has 2 rings (SSSR count). The Morgan fingerprint density at radius 3 is 2.95 bits per heavy atom. The van der Waals surface area contributed by atoms with Gasteiger partial charge in [0.1, 0.15) is 0 Å². The highest BCUT2D eigenvalue weighted by Crippen LogP contribution is 2.20. The molecule has 1 unspecified atom stereocenters. The van der Waals surface area contributed by atoms with Gasteiger partial charge in [0.2, 0.25) is 0 Å². The monoisotopic (exact) mass is 284 g/mol. The van der Waals surface area contributed by atoms with Crippen molar-refractivity contribution in [1.29, 1.82) is 0 Å². The number of hydrogen-bond donors (Lipinski definition) is 2. The summed E-state index contributed by atoms with van der Waals surface area (Å²) in [6.07, 6.45) is 0.833. The minimum atomic E-state index is -0.583. The molecule has 1 atom stereocenters. The van der Waals surface area contributed by atoms with Crippen LogP contribution in [0.4, 0.5) is 0 Å². The molecule has 0 saturated carbocycles. The summed E-state index contributed by atoms with van der Waals surface area (Å²) in [7, 11) is 1.72. The molecule has 2 N–H and O–H groups in total. The second-order valence-electron chi connectivity index (χ2n) is 5.37. The predicted molar refractivity (Wildman–Crippen MR) is 78.6 cm³/mol. The Hall–Kier alpha value is -0.460. The average molecular weight is 284 g/mol. The molecular weight excluding hydrogens is 260 g/mol. The van der Waals surface area contributed by atoms with Crippen molar-refractivity contribution in [2.45, 2.75) is 25.5 Å². The Kier molecular flexibility index (Phi) is 5.36. The smallest absolute Gasteiger partial charge is 0.0909 e. The van der Waals surface area contributed by atoms with E-state index in [4.69, 9.17) is 4.74 Å². The molecule has 0 aromatic carbocycles. The normalized spacial score (nSPS) is 23.4. The van der Waals surface area contributed by atoms with Gasteiger partial charge < -0.3 is 15.2 Å². The maximum atomic E-state index is 10.5. The quantitative estimate of drug-likeness (QED) is 0.790. The van der Waals surface area contributed by atoms with Crippen molar-refractivity contribution in [2.75, 3.05) is 39.9 Å². The number of aryl methyl sites for hydroxylation is 1. The van der Waals surface area contributed by atoms with Crippen LogP contribution in [-0.2, 0) is 11.3 Å². The van der Waals surface area contributed by atoms with Crippen LogP contribution in [0.3, 0.4) is 0 Å². The maximum absolute atomic E-state index is 10.5. The summed E-state index contributed by atoms with van der Waals surface area (Å²) in [5, 5.41) is 13.7. The number of ether oxygens (including phenoxy) is 1. The fourth-order valence-electron chi connectivity index (χ4n) is 2.51. The van der Waals surface area contributed by atoms with Crippen LogP contribution in [0.25, 0.3) is 0 Å². The van der Waals surface area contributed by atoms with Crippen LogP contribution in [0.2, 0.25) is 0 Å². The number of thiophene rings is 1. The van der Waals surface area contributed by atoms with Crippen LogP contribution in [0, 0.1) is 6.92 Å². The van der Waals surface area contributed by atoms with Crippen molar-refractivity contribution in [3.63, 3.8) is 0 Å². The van der Waals surface area contributed by atoms with Gasteiger partial charge in [-0.1, -0.05) is 0 Å². The van der Waals surface area contributed by atoms with Gasteiger partial charge in [-0.2, -0.15) is 0 Å². The molecule has 0 aliphatic carbocycles. The Balaban J connectivity index is 1.94. The van der Waals surface area contributed by atoms with Crippen molar-refractivity contribution in [3.05, 3.63) is 21.9 Å². The summed E-state index contributed by atoms with van der Waals surface area (Å²) >= 11 is 1.83. The molecule has 0 bridgehead atoms. The first-order chi connectivity index (χ1) is 9.11. The van der Waals surface area contributed by atoms with Crippen LogP contribution < -0.4 is 5.32 Å². The Morgan fingerprint density at radius 1 is 1.53 bits per heavy atom. The summed E-state index contributed by atoms with van der Waals surface area (Å²) in [5.41, 5.74) is -0.583. The van der Waals surface area contributed by atoms with E-state index in [0.717, 1.165) is 26.1 Å². The number of hydrogen-bond acceptors (Lipinski definition) is 5. The van der Waals surface area contributed by atoms with Crippen molar-refractivity contribution >= 4 is 11.3 Å². The van der Waals surface area contributed by atoms with Crippen LogP contribution in [0.15, 0.2) is 12.1 Å². The van der Waals surface area contributed by atoms with Crippen LogP contribution in [-0.4, -0.2) is 55.5 Å². The minimum Gasteiger partial charge on any atom is -0.387 e. The molecule has 1 aliphatic heterocycles. The molecule has 19 heavy (non-hydrogen) atoms. The van der Waals surface area contributed by atoms with Crippen molar-refractivity contribution in [2.24, 2.45) is 0 Å². The summed E-state index contributed by atoms with van der Waals surface area (Å²) < 4.78 is 5.18. The molecule has 0 spiro atoms. The zero-order chi connectivity index (χ0) is 13.7. The standard InChI is InChI=1S/C14H24N2O2S/c1-12-3-4-13(19-12)9-16(7-8-18-2)11-14(17)5-6-15-10-14/h3-4,15,17H,5-11H2,1-2H3. The van der Waals surface area contributed by atoms with E-state index in [-0.39, 0.29) is 0 Å². The second kappa shape index (κ2) is 6.81. The number of methoxy groups -OCH3 is 1. The minimum absolute atomic E-state index is 0.583. The largest absolute Gasteiger partial charge is 0.387 e. The Bertz CT molecular complexity index is 389. The molecule has 1 aromatic rings. The average Bonchev–Trinajstić information content (AvgIpc) is 2.96. The fourth-order valence-corrected chi connectivity index (χ4v) is 3.44. The molecule has 0 amide bonds. The maximum Gasteiger partial charge on any atom is 0.0909 e. The topological polar surface area (TPSA) is 44.7 Å². The summed E-state index contributed by atoms with van der Waals surface area (Å²) in [4.78, 5) is 4.98. The molecular formula is C14H24N2O2S. The molecule has 1 aliphatic rings. The highest BCUT2D eigenvalue weighted by atomic mass is 32.1. The highest BCUT2D eigenvalue weighted by molar-refractivity contribution is 7.11. The van der Waals surface area contributed by atoms with Crippen LogP contribution in [0.5, 0.6) is 0 Å². The van der Waals surface area contributed by atoms with Gasteiger partial charge in [0.25, 0.3) is 0 Å². The predicted octanol–water partition coefficient (Wildman–Crippen LogP) is 1.23. The zero-order valence-electron chi connectivity index (χ0n) is 11.8. The molecule has 1 saturated heterocycles. The first-order valence-corrected chi connectivity index (χ1v) is 7.63. The lowest BCUT2D eigenvalue weighted by Gasteiger charge is -2.30. The molecule has 0 radical (unpaired) electrons. The van der Waals surface area contributed by atoms with Gasteiger partial charge >= 0.3 is 0 Å². The van der Waals surface area contributed by atoms with Crippen molar-refractivity contribution < 1.29 is 9.84 Å². The lowest BCUT2D eigenvalue weighted by Crippen LogP contribution is -2.45. The highest BCUT2D eigenvalue weighted by Gasteiger charge is 2.32. The van der Waals surface area contributed by atoms with Crippen molar-refractivity contribution in [1.82, 2.24) is 10.2 Å². The second-order valence-corrected chi connectivity index (χ2v) is 6.74. The number of aliphatic hydroxyl groups is 1. The number of nitrogens with zero attached hydrogens (tertiary/aromatic N) is 1. The third-order valence-electron chi connectivity index (χ3n) is 3.53. The van der Waals surface area contributed by atoms with Crippen LogP contribution in [0.1, 0.15) is 16.2 Å². The van der Waals surface area contributed by atoms with E-state index < -0.39 is 5.60 Å². The van der Waals surface area contributed by atoms with Gasteiger partial charge in [-0.25, -0.2) is 0 Å². The fraction of sp³-hybridized carbons (Fsp3) is 0.714. The molecule has 1 aromatic heterocycles. The summed E-state index contributed by atoms with van der Waals surface area (Å²) in [5.74, 6) is 0. The molecule has 2 heterocycles. The molecule has 108 valence electrons. The van der Waals surface area contributed by atoms with Gasteiger partial charge in [-0.3, -0.25) is 4.90 Å². The molecule has 5 heteroatoms. The van der Waals surface area contributed by atoms with E-state index in [1.165, 1.54) is 9.75 Å². The molecule has 1 fully saturated rings. The Morgan fingerprint density at radius 2 is 2.37 bits per heavy atom. The SMILES string of the molecule is COCCN(Cc1ccc(C)s1)CC1(O)CCNC1. The third kappa shape index (κ3) is 4.54. The van der Waals surface area contributed by atoms with Gasteiger partial charge in [-0.15, -0.1) is 11.3 Å². The summed E-state index contributed by atoms with van der Waals surface area (Å²) in [6, 6.07) is 4.33. The lowest BCUT2D eigenvalue weighted by atomic mass is 10.0. The van der Waals surface area contributed by atoms with Gasteiger partial charge in [0, 0.05) is 43.0 Å². The van der Waals surface area contributed by atoms with Crippen LogP contribution >= 0.6 is 11.3 Å². The van der Waals surface area contributed by atoms with Gasteiger partial charge in [0.15, 0.2) is 0 Å². The molecule has 4 nitrogen and oxygen atoms in total. The first kappa shape index (κ1) is 14.9. The third-order valence-corrected chi connectivity index (χ3v) is 4.51. The van der Waals surface area contributed by atoms with E-state index in [1.54, 1.807) is 7.11 Å². The Labute approximate surface area is 119 Å².